The molecule has 0 heterocycles. The van der Waals surface area contributed by atoms with E-state index < -0.39 is 21.0 Å². The Morgan fingerprint density at radius 1 is 1.10 bits per heavy atom. The van der Waals surface area contributed by atoms with Crippen molar-refractivity contribution in [3.05, 3.63) is 0 Å². The van der Waals surface area contributed by atoms with Crippen LogP contribution in [0.2, 0.25) is 0 Å². The molecule has 0 bridgehead atoms. The van der Waals surface area contributed by atoms with E-state index in [2.05, 4.69) is 3.84 Å². The molecule has 0 radical (unpaired) electrons. The molecule has 0 aromatic carbocycles. The minimum absolute atomic E-state index is 0. The van der Waals surface area contributed by atoms with Crippen molar-refractivity contribution in [2.45, 2.75) is 0 Å². The van der Waals surface area contributed by atoms with Gasteiger partial charge < -0.3 is 12.2 Å². The summed E-state index contributed by atoms with van der Waals surface area (Å²) in [6.07, 6.45) is 0. The van der Waals surface area contributed by atoms with E-state index in [0.717, 1.165) is 0 Å². The molecule has 0 aliphatic heterocycles. The van der Waals surface area contributed by atoms with E-state index in [1.165, 1.54) is 0 Å². The molecule has 10 heteroatoms. The smallest absolute Gasteiger partial charge is 1.00 e. The van der Waals surface area contributed by atoms with Crippen LogP contribution in [0, 0.1) is 21.0 Å². The van der Waals surface area contributed by atoms with E-state index in [9.17, 15) is 14.0 Å². The van der Waals surface area contributed by atoms with Crippen LogP contribution in [0.3, 0.4) is 0 Å². The fourth-order valence-corrected chi connectivity index (χ4v) is 0.525. The summed E-state index contributed by atoms with van der Waals surface area (Å²) < 4.78 is 48.7. The van der Waals surface area contributed by atoms with Crippen molar-refractivity contribution in [1.82, 2.24) is 0 Å². The van der Waals surface area contributed by atoms with Crippen LogP contribution >= 0.6 is 0 Å². The van der Waals surface area contributed by atoms with E-state index >= 15 is 0 Å². The molecule has 10 heavy (non-hydrogen) atoms. The van der Waals surface area contributed by atoms with Crippen molar-refractivity contribution in [2.75, 3.05) is 0 Å². The number of hydrogen-bond acceptors (Lipinski definition) is 6. The summed E-state index contributed by atoms with van der Waals surface area (Å²) in [6, 6.07) is 0. The number of halogens is 2. The molecule has 0 saturated carbocycles. The Morgan fingerprint density at radius 2 is 1.40 bits per heavy atom. The minimum Gasteiger partial charge on any atom is -1.00 e. The molecule has 0 N–H and O–H groups in total. The van der Waals surface area contributed by atoms with Gasteiger partial charge in [-0.15, -0.1) is 0 Å². The molecule has 0 rings (SSSR count). The van der Waals surface area contributed by atoms with Gasteiger partial charge in [0.2, 0.25) is 10.2 Å². The van der Waals surface area contributed by atoms with Gasteiger partial charge in [-0.05, 0) is 0 Å². The van der Waals surface area contributed by atoms with Crippen LogP contribution < -0.4 is 61.0 Å². The standard InChI is InChI=1S/Cl2O6.2Li.2H/c3-1(4)8-2(5,6)7;;;;/q;2*+1;2*-1. The second kappa shape index (κ2) is 7.20. The van der Waals surface area contributed by atoms with Crippen LogP contribution in [0.5, 0.6) is 0 Å². The van der Waals surface area contributed by atoms with Crippen molar-refractivity contribution in [2.24, 2.45) is 0 Å². The van der Waals surface area contributed by atoms with E-state index in [1.807, 2.05) is 0 Å². The minimum atomic E-state index is -4.85. The summed E-state index contributed by atoms with van der Waals surface area (Å²) in [6.45, 7) is 0. The fourth-order valence-electron chi connectivity index (χ4n) is 0.0583. The molecule has 6 nitrogen and oxygen atoms in total. The largest absolute Gasteiger partial charge is 1.00 e. The van der Waals surface area contributed by atoms with Crippen LogP contribution in [-0.2, 0) is 3.84 Å². The maximum Gasteiger partial charge on any atom is 1.00 e. The van der Waals surface area contributed by atoms with Crippen LogP contribution in [0.25, 0.3) is 0 Å². The first-order valence-electron chi connectivity index (χ1n) is 1.08. The Kier molecular flexibility index (Phi) is 12.7. The van der Waals surface area contributed by atoms with Gasteiger partial charge in [-0.3, -0.25) is 0 Å². The van der Waals surface area contributed by atoms with Crippen molar-refractivity contribution in [3.63, 3.8) is 0 Å². The zero-order valence-electron chi connectivity index (χ0n) is 7.21. The SMILES string of the molecule is [H-].[H-].[Li+].[Li+].[O-][Cl+2]([O-])O[Cl+3]([O-])([O-])[O-]. The molecule has 0 aromatic heterocycles. The predicted molar refractivity (Wildman–Crippen MR) is 3.31 cm³/mol. The first kappa shape index (κ1) is 17.6. The topological polar surface area (TPSA) is 125 Å². The molecule has 0 saturated heterocycles. The van der Waals surface area contributed by atoms with Gasteiger partial charge in [0.1, 0.15) is 0 Å². The summed E-state index contributed by atoms with van der Waals surface area (Å²) in [5, 5.41) is 0. The molecular weight excluding hydrogens is 181 g/mol. The average molecular weight is 183 g/mol. The Hall–Kier alpha value is 1.53. The maximum absolute atomic E-state index is 9.23. The summed E-state index contributed by atoms with van der Waals surface area (Å²) in [7, 11) is -7.85. The van der Waals surface area contributed by atoms with Crippen molar-refractivity contribution in [1.29, 1.82) is 0 Å². The Bertz CT molecular complexity index is 76.4. The summed E-state index contributed by atoms with van der Waals surface area (Å²) in [5.41, 5.74) is 0. The second-order valence-corrected chi connectivity index (χ2v) is 2.23. The molecular formula is H2Cl2Li2O6. The third-order valence-electron chi connectivity index (χ3n) is 0.119. The predicted octanol–water partition coefficient (Wildman–Crippen LogP) is -11.8. The molecule has 54 valence electrons. The molecule has 0 aromatic rings. The first-order valence-corrected chi connectivity index (χ1v) is 3.24. The molecule has 0 spiro atoms. The van der Waals surface area contributed by atoms with Crippen molar-refractivity contribution >= 4 is 0 Å². The summed E-state index contributed by atoms with van der Waals surface area (Å²) in [5.74, 6) is 0. The number of hydrogen-bond donors (Lipinski definition) is 0. The van der Waals surface area contributed by atoms with Gasteiger partial charge in [-0.1, -0.05) is 0 Å². The second-order valence-electron chi connectivity index (χ2n) is 0.625. The molecule has 0 aliphatic rings. The van der Waals surface area contributed by atoms with Gasteiger partial charge in [0, 0.05) is 0 Å². The molecule has 0 atom stereocenters. The normalized spacial score (nSPS) is 10.2. The van der Waals surface area contributed by atoms with Crippen LogP contribution in [0.4, 0.5) is 0 Å². The molecule has 0 fully saturated rings. The summed E-state index contributed by atoms with van der Waals surface area (Å²) >= 11 is 0. The van der Waals surface area contributed by atoms with Crippen LogP contribution in [0.1, 0.15) is 2.85 Å². The van der Waals surface area contributed by atoms with Crippen molar-refractivity contribution < 1.29 is 88.7 Å². The van der Waals surface area contributed by atoms with Gasteiger partial charge in [-0.2, -0.15) is 14.0 Å². The zero-order chi connectivity index (χ0) is 6.78. The summed E-state index contributed by atoms with van der Waals surface area (Å²) in [4.78, 5) is 0. The molecule has 0 aliphatic carbocycles. The third-order valence-corrected chi connectivity index (χ3v) is 1.07. The van der Waals surface area contributed by atoms with Gasteiger partial charge in [0.05, 0.1) is 0 Å². The average Bonchev–Trinajstić information content (AvgIpc) is 1.21. The fraction of sp³-hybridized carbons (Fsp3) is 0. The maximum atomic E-state index is 9.23. The Morgan fingerprint density at radius 3 is 1.40 bits per heavy atom. The van der Waals surface area contributed by atoms with E-state index in [-0.39, 0.29) is 40.6 Å². The zero-order valence-corrected chi connectivity index (χ0v) is 6.72. The van der Waals surface area contributed by atoms with Crippen LogP contribution in [-0.4, -0.2) is 0 Å². The quantitative estimate of drug-likeness (QED) is 0.391. The molecule has 0 amide bonds. The van der Waals surface area contributed by atoms with Gasteiger partial charge >= 0.3 is 52.3 Å². The molecule has 0 unspecified atom stereocenters. The number of rotatable bonds is 2. The van der Waals surface area contributed by atoms with Crippen molar-refractivity contribution in [3.8, 4) is 0 Å². The van der Waals surface area contributed by atoms with Gasteiger partial charge in [-0.25, -0.2) is 0 Å². The van der Waals surface area contributed by atoms with Crippen LogP contribution in [0.15, 0.2) is 0 Å². The third kappa shape index (κ3) is 16.3. The Labute approximate surface area is 88.6 Å². The van der Waals surface area contributed by atoms with E-state index in [4.69, 9.17) is 9.32 Å². The monoisotopic (exact) mass is 182 g/mol. The first-order chi connectivity index (χ1) is 3.42. The Balaban J connectivity index is -0.0000000408. The van der Waals surface area contributed by atoms with E-state index in [0.29, 0.717) is 0 Å². The van der Waals surface area contributed by atoms with Gasteiger partial charge in [0.15, 0.2) is 0 Å². The van der Waals surface area contributed by atoms with E-state index in [1.54, 1.807) is 0 Å². The van der Waals surface area contributed by atoms with Gasteiger partial charge in [0.25, 0.3) is 0 Å².